The Morgan fingerprint density at radius 1 is 1.45 bits per heavy atom. The molecule has 5 heteroatoms. The lowest BCUT2D eigenvalue weighted by Gasteiger charge is -2.46. The highest BCUT2D eigenvalue weighted by molar-refractivity contribution is 5.15. The van der Waals surface area contributed by atoms with Crippen molar-refractivity contribution in [3.8, 4) is 0 Å². The van der Waals surface area contributed by atoms with Crippen molar-refractivity contribution < 1.29 is 9.84 Å². The number of piperidine rings is 1. The average Bonchev–Trinajstić information content (AvgIpc) is 2.77. The second kappa shape index (κ2) is 5.47. The summed E-state index contributed by atoms with van der Waals surface area (Å²) in [5.74, 6) is 0. The van der Waals surface area contributed by atoms with Gasteiger partial charge in [0.15, 0.2) is 0 Å². The Hall–Kier alpha value is -0.910. The van der Waals surface area contributed by atoms with Crippen LogP contribution in [0.2, 0.25) is 0 Å². The van der Waals surface area contributed by atoms with Crippen LogP contribution in [0.25, 0.3) is 0 Å². The summed E-state index contributed by atoms with van der Waals surface area (Å²) in [6, 6.07) is 0. The molecule has 0 radical (unpaired) electrons. The molecular formula is C15H25N3O2. The van der Waals surface area contributed by atoms with E-state index in [-0.39, 0.29) is 11.7 Å². The molecule has 2 aliphatic rings. The van der Waals surface area contributed by atoms with Gasteiger partial charge in [0, 0.05) is 44.5 Å². The minimum atomic E-state index is -0.279. The van der Waals surface area contributed by atoms with E-state index < -0.39 is 0 Å². The zero-order chi connectivity index (χ0) is 14.2. The molecule has 2 saturated heterocycles. The van der Waals surface area contributed by atoms with E-state index in [1.54, 1.807) is 0 Å². The van der Waals surface area contributed by atoms with E-state index >= 15 is 0 Å². The normalized spacial score (nSPS) is 27.1. The van der Waals surface area contributed by atoms with Crippen LogP contribution in [0.4, 0.5) is 0 Å². The van der Waals surface area contributed by atoms with Crippen molar-refractivity contribution in [3.05, 3.63) is 17.5 Å². The van der Waals surface area contributed by atoms with Crippen molar-refractivity contribution in [2.75, 3.05) is 19.7 Å². The van der Waals surface area contributed by atoms with E-state index in [2.05, 4.69) is 16.9 Å². The molecule has 0 aromatic carbocycles. The smallest absolute Gasteiger partial charge is 0.0964 e. The summed E-state index contributed by atoms with van der Waals surface area (Å²) in [6.07, 6.45) is 5.44. The van der Waals surface area contributed by atoms with Crippen LogP contribution in [0.15, 0.2) is 6.20 Å². The predicted molar refractivity (Wildman–Crippen MR) is 76.4 cm³/mol. The van der Waals surface area contributed by atoms with Gasteiger partial charge in [-0.25, -0.2) is 0 Å². The van der Waals surface area contributed by atoms with Gasteiger partial charge in [0.25, 0.3) is 0 Å². The number of rotatable bonds is 2. The SMILES string of the molecule is Cc1c(CN2CCC3(CC2)OCCC[C@@H]3O)cnn1C. The molecule has 1 spiro atoms. The third kappa shape index (κ3) is 2.50. The van der Waals surface area contributed by atoms with Gasteiger partial charge in [-0.2, -0.15) is 5.10 Å². The predicted octanol–water partition coefficient (Wildman–Crippen LogP) is 1.23. The Bertz CT molecular complexity index is 464. The number of hydrogen-bond donors (Lipinski definition) is 1. The Balaban J connectivity index is 1.60. The molecule has 3 rings (SSSR count). The molecule has 0 unspecified atom stereocenters. The number of likely N-dealkylation sites (tertiary alicyclic amines) is 1. The summed E-state index contributed by atoms with van der Waals surface area (Å²) in [6.45, 7) is 5.85. The van der Waals surface area contributed by atoms with Gasteiger partial charge in [-0.3, -0.25) is 9.58 Å². The van der Waals surface area contributed by atoms with Crippen LogP contribution in [-0.2, 0) is 18.3 Å². The largest absolute Gasteiger partial charge is 0.390 e. The highest BCUT2D eigenvalue weighted by Crippen LogP contribution is 2.35. The second-order valence-electron chi connectivity index (χ2n) is 6.23. The molecule has 0 aliphatic carbocycles. The first-order valence-electron chi connectivity index (χ1n) is 7.62. The molecule has 2 fully saturated rings. The van der Waals surface area contributed by atoms with E-state index in [0.717, 1.165) is 51.9 Å². The Labute approximate surface area is 120 Å². The summed E-state index contributed by atoms with van der Waals surface area (Å²) >= 11 is 0. The van der Waals surface area contributed by atoms with Gasteiger partial charge in [0.2, 0.25) is 0 Å². The minimum absolute atomic E-state index is 0.265. The zero-order valence-corrected chi connectivity index (χ0v) is 12.5. The lowest BCUT2D eigenvalue weighted by Crippen LogP contribution is -2.55. The molecule has 112 valence electrons. The van der Waals surface area contributed by atoms with Crippen LogP contribution in [0.5, 0.6) is 0 Å². The first-order chi connectivity index (χ1) is 9.61. The number of aryl methyl sites for hydroxylation is 1. The third-order valence-corrected chi connectivity index (χ3v) is 5.05. The summed E-state index contributed by atoms with van der Waals surface area (Å²) in [7, 11) is 1.98. The number of nitrogens with zero attached hydrogens (tertiary/aromatic N) is 3. The second-order valence-corrected chi connectivity index (χ2v) is 6.23. The standard InChI is InChI=1S/C15H25N3O2/c1-12-13(10-16-17(12)2)11-18-7-5-15(6-8-18)14(19)4-3-9-20-15/h10,14,19H,3-9,11H2,1-2H3/t14-/m0/s1. The topological polar surface area (TPSA) is 50.5 Å². The number of aliphatic hydroxyl groups excluding tert-OH is 1. The maximum atomic E-state index is 10.3. The summed E-state index contributed by atoms with van der Waals surface area (Å²) in [5, 5.41) is 14.6. The maximum Gasteiger partial charge on any atom is 0.0964 e. The van der Waals surface area contributed by atoms with Gasteiger partial charge in [-0.05, 0) is 32.6 Å². The number of hydrogen-bond acceptors (Lipinski definition) is 4. The molecule has 1 aromatic rings. The van der Waals surface area contributed by atoms with Gasteiger partial charge in [-0.15, -0.1) is 0 Å². The first-order valence-corrected chi connectivity index (χ1v) is 7.62. The van der Waals surface area contributed by atoms with Crippen molar-refractivity contribution in [1.29, 1.82) is 0 Å². The molecule has 3 heterocycles. The van der Waals surface area contributed by atoms with Crippen molar-refractivity contribution in [2.24, 2.45) is 7.05 Å². The Kier molecular flexibility index (Phi) is 3.84. The monoisotopic (exact) mass is 279 g/mol. The van der Waals surface area contributed by atoms with Crippen LogP contribution in [0.3, 0.4) is 0 Å². The van der Waals surface area contributed by atoms with Crippen LogP contribution in [0, 0.1) is 6.92 Å². The van der Waals surface area contributed by atoms with Crippen LogP contribution in [-0.4, -0.2) is 51.2 Å². The fourth-order valence-electron chi connectivity index (χ4n) is 3.42. The Morgan fingerprint density at radius 3 is 2.80 bits per heavy atom. The minimum Gasteiger partial charge on any atom is -0.390 e. The molecular weight excluding hydrogens is 254 g/mol. The van der Waals surface area contributed by atoms with E-state index in [9.17, 15) is 5.11 Å². The molecule has 20 heavy (non-hydrogen) atoms. The van der Waals surface area contributed by atoms with E-state index in [0.29, 0.717) is 0 Å². The van der Waals surface area contributed by atoms with Gasteiger partial charge < -0.3 is 9.84 Å². The molecule has 1 N–H and O–H groups in total. The fraction of sp³-hybridized carbons (Fsp3) is 0.800. The zero-order valence-electron chi connectivity index (χ0n) is 12.5. The van der Waals surface area contributed by atoms with Gasteiger partial charge in [-0.1, -0.05) is 0 Å². The lowest BCUT2D eigenvalue weighted by atomic mass is 9.82. The summed E-state index contributed by atoms with van der Waals surface area (Å²) < 4.78 is 7.88. The average molecular weight is 279 g/mol. The maximum absolute atomic E-state index is 10.3. The molecule has 1 aromatic heterocycles. The van der Waals surface area contributed by atoms with Crippen LogP contribution >= 0.6 is 0 Å². The van der Waals surface area contributed by atoms with Gasteiger partial charge in [0.05, 0.1) is 17.9 Å². The number of aromatic nitrogens is 2. The van der Waals surface area contributed by atoms with E-state index in [1.165, 1.54) is 11.3 Å². The Morgan fingerprint density at radius 2 is 2.20 bits per heavy atom. The van der Waals surface area contributed by atoms with E-state index in [4.69, 9.17) is 4.74 Å². The quantitative estimate of drug-likeness (QED) is 0.885. The summed E-state index contributed by atoms with van der Waals surface area (Å²) in [4.78, 5) is 2.44. The van der Waals surface area contributed by atoms with Gasteiger partial charge in [0.1, 0.15) is 0 Å². The number of aliphatic hydroxyl groups is 1. The van der Waals surface area contributed by atoms with Crippen molar-refractivity contribution in [1.82, 2.24) is 14.7 Å². The van der Waals surface area contributed by atoms with Crippen LogP contribution < -0.4 is 0 Å². The molecule has 2 aliphatic heterocycles. The van der Waals surface area contributed by atoms with Crippen LogP contribution in [0.1, 0.15) is 36.9 Å². The molecule has 0 bridgehead atoms. The van der Waals surface area contributed by atoms with Crippen molar-refractivity contribution in [2.45, 2.75) is 50.9 Å². The van der Waals surface area contributed by atoms with Crippen molar-refractivity contribution >= 4 is 0 Å². The molecule has 0 amide bonds. The highest BCUT2D eigenvalue weighted by Gasteiger charge is 2.43. The molecule has 0 saturated carbocycles. The van der Waals surface area contributed by atoms with Gasteiger partial charge >= 0.3 is 0 Å². The third-order valence-electron chi connectivity index (χ3n) is 5.05. The van der Waals surface area contributed by atoms with E-state index in [1.807, 2.05) is 17.9 Å². The molecule has 5 nitrogen and oxygen atoms in total. The first kappa shape index (κ1) is 14.0. The summed E-state index contributed by atoms with van der Waals surface area (Å²) in [5.41, 5.74) is 2.27. The number of ether oxygens (including phenoxy) is 1. The lowest BCUT2D eigenvalue weighted by molar-refractivity contribution is -0.177. The van der Waals surface area contributed by atoms with Crippen molar-refractivity contribution in [3.63, 3.8) is 0 Å². The fourth-order valence-corrected chi connectivity index (χ4v) is 3.42. The molecule has 1 atom stereocenters. The highest BCUT2D eigenvalue weighted by atomic mass is 16.5.